The van der Waals surface area contributed by atoms with E-state index in [1.165, 1.54) is 44.1 Å². The summed E-state index contributed by atoms with van der Waals surface area (Å²) in [6.07, 6.45) is 9.94. The van der Waals surface area contributed by atoms with Crippen LogP contribution in [-0.4, -0.2) is 11.2 Å². The largest absolute Gasteiger partial charge is 0.389 e. The number of allylic oxidation sites excluding steroid dienone is 1. The highest BCUT2D eigenvalue weighted by Gasteiger charge is 2.06. The van der Waals surface area contributed by atoms with Gasteiger partial charge in [0.05, 0.1) is 6.10 Å². The number of aliphatic hydroxyl groups is 1. The summed E-state index contributed by atoms with van der Waals surface area (Å²) in [6.45, 7) is 8.44. The van der Waals surface area contributed by atoms with E-state index in [1.54, 1.807) is 0 Å². The van der Waals surface area contributed by atoms with Gasteiger partial charge in [-0.1, -0.05) is 57.4 Å². The molecule has 0 spiro atoms. The predicted molar refractivity (Wildman–Crippen MR) is 72.7 cm³/mol. The first-order valence-corrected chi connectivity index (χ1v) is 6.91. The van der Waals surface area contributed by atoms with Crippen molar-refractivity contribution in [3.8, 4) is 0 Å². The fraction of sp³-hybridized carbons (Fsp3) is 0.867. The molecule has 1 heteroatoms. The number of hydrogen-bond acceptors (Lipinski definition) is 1. The molecule has 0 amide bonds. The summed E-state index contributed by atoms with van der Waals surface area (Å²) in [4.78, 5) is 0. The molecule has 0 heterocycles. The second-order valence-corrected chi connectivity index (χ2v) is 5.11. The van der Waals surface area contributed by atoms with E-state index in [0.29, 0.717) is 0 Å². The van der Waals surface area contributed by atoms with Gasteiger partial charge in [0.1, 0.15) is 0 Å². The van der Waals surface area contributed by atoms with E-state index in [4.69, 9.17) is 0 Å². The molecule has 1 N–H and O–H groups in total. The molecule has 0 radical (unpaired) electrons. The summed E-state index contributed by atoms with van der Waals surface area (Å²) in [6, 6.07) is 0. The minimum absolute atomic E-state index is 0.208. The second kappa shape index (κ2) is 9.89. The Labute approximate surface area is 102 Å². The van der Waals surface area contributed by atoms with E-state index in [9.17, 15) is 5.11 Å². The lowest BCUT2D eigenvalue weighted by molar-refractivity contribution is 0.194. The molecule has 0 aromatic heterocycles. The molecule has 0 fully saturated rings. The molecule has 0 bridgehead atoms. The van der Waals surface area contributed by atoms with Crippen molar-refractivity contribution in [3.63, 3.8) is 0 Å². The van der Waals surface area contributed by atoms with Gasteiger partial charge in [0.2, 0.25) is 0 Å². The van der Waals surface area contributed by atoms with Crippen LogP contribution in [0.1, 0.15) is 79.1 Å². The first kappa shape index (κ1) is 15.7. The highest BCUT2D eigenvalue weighted by atomic mass is 16.3. The van der Waals surface area contributed by atoms with E-state index in [2.05, 4.69) is 20.8 Å². The van der Waals surface area contributed by atoms with Crippen molar-refractivity contribution in [2.75, 3.05) is 0 Å². The molecule has 0 aromatic carbocycles. The molecule has 1 unspecified atom stereocenters. The van der Waals surface area contributed by atoms with Crippen LogP contribution in [0.4, 0.5) is 0 Å². The van der Waals surface area contributed by atoms with Crippen LogP contribution >= 0.6 is 0 Å². The van der Waals surface area contributed by atoms with Crippen LogP contribution in [0.3, 0.4) is 0 Å². The molecule has 0 aliphatic rings. The lowest BCUT2D eigenvalue weighted by Gasteiger charge is -2.12. The minimum Gasteiger partial charge on any atom is -0.389 e. The van der Waals surface area contributed by atoms with E-state index < -0.39 is 0 Å². The van der Waals surface area contributed by atoms with Crippen molar-refractivity contribution >= 4 is 0 Å². The zero-order valence-corrected chi connectivity index (χ0v) is 11.7. The third-order valence-corrected chi connectivity index (χ3v) is 3.37. The third-order valence-electron chi connectivity index (χ3n) is 3.37. The molecular formula is C15H30O. The molecule has 0 rings (SSSR count). The SMILES string of the molecule is CCCCCCCCCC(O)C(C)=C(C)C. The average Bonchev–Trinajstić information content (AvgIpc) is 2.26. The fourth-order valence-corrected chi connectivity index (χ4v) is 1.84. The number of aliphatic hydroxyl groups excluding tert-OH is 1. The van der Waals surface area contributed by atoms with E-state index in [1.807, 2.05) is 6.92 Å². The van der Waals surface area contributed by atoms with Gasteiger partial charge in [-0.3, -0.25) is 0 Å². The molecule has 0 aliphatic carbocycles. The molecule has 0 saturated carbocycles. The van der Waals surface area contributed by atoms with Gasteiger partial charge in [-0.15, -0.1) is 0 Å². The molecule has 16 heavy (non-hydrogen) atoms. The predicted octanol–water partition coefficient (Wildman–Crippen LogP) is 4.84. The normalized spacial score (nSPS) is 12.6. The number of hydrogen-bond donors (Lipinski definition) is 1. The summed E-state index contributed by atoms with van der Waals surface area (Å²) >= 11 is 0. The lowest BCUT2D eigenvalue weighted by atomic mass is 10.0. The summed E-state index contributed by atoms with van der Waals surface area (Å²) in [5, 5.41) is 9.87. The Hall–Kier alpha value is -0.300. The van der Waals surface area contributed by atoms with E-state index in [0.717, 1.165) is 18.4 Å². The molecule has 0 aromatic rings. The minimum atomic E-state index is -0.208. The van der Waals surface area contributed by atoms with Crippen LogP contribution in [0, 0.1) is 0 Å². The fourth-order valence-electron chi connectivity index (χ4n) is 1.84. The molecule has 1 atom stereocenters. The average molecular weight is 226 g/mol. The number of unbranched alkanes of at least 4 members (excludes halogenated alkanes) is 6. The van der Waals surface area contributed by atoms with Gasteiger partial charge in [0, 0.05) is 0 Å². The Kier molecular flexibility index (Phi) is 9.71. The van der Waals surface area contributed by atoms with Crippen molar-refractivity contribution < 1.29 is 5.11 Å². The standard InChI is InChI=1S/C15H30O/c1-5-6-7-8-9-10-11-12-15(16)14(4)13(2)3/h15-16H,5-12H2,1-4H3. The summed E-state index contributed by atoms with van der Waals surface area (Å²) in [5.41, 5.74) is 2.42. The van der Waals surface area contributed by atoms with E-state index in [-0.39, 0.29) is 6.10 Å². The molecule has 1 nitrogen and oxygen atoms in total. The summed E-state index contributed by atoms with van der Waals surface area (Å²) in [7, 11) is 0. The van der Waals surface area contributed by atoms with Crippen molar-refractivity contribution in [2.45, 2.75) is 85.2 Å². The molecule has 96 valence electrons. The Morgan fingerprint density at radius 2 is 1.38 bits per heavy atom. The third kappa shape index (κ3) is 7.92. The topological polar surface area (TPSA) is 20.2 Å². The zero-order chi connectivity index (χ0) is 12.4. The first-order valence-electron chi connectivity index (χ1n) is 6.91. The molecule has 0 aliphatic heterocycles. The van der Waals surface area contributed by atoms with Gasteiger partial charge >= 0.3 is 0 Å². The van der Waals surface area contributed by atoms with Crippen LogP contribution in [0.5, 0.6) is 0 Å². The van der Waals surface area contributed by atoms with Gasteiger partial charge in [-0.2, -0.15) is 0 Å². The smallest absolute Gasteiger partial charge is 0.0749 e. The summed E-state index contributed by atoms with van der Waals surface area (Å²) in [5.74, 6) is 0. The van der Waals surface area contributed by atoms with Crippen LogP contribution in [0.2, 0.25) is 0 Å². The maximum absolute atomic E-state index is 9.87. The van der Waals surface area contributed by atoms with Crippen LogP contribution in [0.15, 0.2) is 11.1 Å². The Bertz CT molecular complexity index is 190. The van der Waals surface area contributed by atoms with Crippen LogP contribution in [0.25, 0.3) is 0 Å². The van der Waals surface area contributed by atoms with Crippen molar-refractivity contribution in [1.29, 1.82) is 0 Å². The maximum atomic E-state index is 9.87. The van der Waals surface area contributed by atoms with Gasteiger partial charge in [0.25, 0.3) is 0 Å². The van der Waals surface area contributed by atoms with Crippen molar-refractivity contribution in [3.05, 3.63) is 11.1 Å². The monoisotopic (exact) mass is 226 g/mol. The second-order valence-electron chi connectivity index (χ2n) is 5.11. The Morgan fingerprint density at radius 3 is 1.88 bits per heavy atom. The lowest BCUT2D eigenvalue weighted by Crippen LogP contribution is -2.09. The highest BCUT2D eigenvalue weighted by molar-refractivity contribution is 5.11. The first-order chi connectivity index (χ1) is 7.59. The van der Waals surface area contributed by atoms with Gasteiger partial charge in [-0.25, -0.2) is 0 Å². The maximum Gasteiger partial charge on any atom is 0.0749 e. The van der Waals surface area contributed by atoms with E-state index >= 15 is 0 Å². The quantitative estimate of drug-likeness (QED) is 0.440. The van der Waals surface area contributed by atoms with Gasteiger partial charge < -0.3 is 5.11 Å². The molecule has 0 saturated heterocycles. The Morgan fingerprint density at radius 1 is 0.875 bits per heavy atom. The van der Waals surface area contributed by atoms with Gasteiger partial charge in [0.15, 0.2) is 0 Å². The van der Waals surface area contributed by atoms with Crippen molar-refractivity contribution in [1.82, 2.24) is 0 Å². The van der Waals surface area contributed by atoms with Crippen LogP contribution in [-0.2, 0) is 0 Å². The zero-order valence-electron chi connectivity index (χ0n) is 11.7. The number of rotatable bonds is 9. The van der Waals surface area contributed by atoms with Crippen LogP contribution < -0.4 is 0 Å². The highest BCUT2D eigenvalue weighted by Crippen LogP contribution is 2.15. The van der Waals surface area contributed by atoms with Crippen molar-refractivity contribution in [2.24, 2.45) is 0 Å². The molecular weight excluding hydrogens is 196 g/mol. The summed E-state index contributed by atoms with van der Waals surface area (Å²) < 4.78 is 0. The Balaban J connectivity index is 3.42. The van der Waals surface area contributed by atoms with Gasteiger partial charge in [-0.05, 0) is 32.8 Å².